The summed E-state index contributed by atoms with van der Waals surface area (Å²) >= 11 is 3.32. The van der Waals surface area contributed by atoms with E-state index in [-0.39, 0.29) is 24.3 Å². The predicted molar refractivity (Wildman–Crippen MR) is 107 cm³/mol. The molecule has 1 aliphatic heterocycles. The molecule has 1 N–H and O–H groups in total. The van der Waals surface area contributed by atoms with Crippen molar-refractivity contribution in [3.63, 3.8) is 0 Å². The Hall–Kier alpha value is -1.93. The largest absolute Gasteiger partial charge is 0.343 e. The van der Waals surface area contributed by atoms with Crippen LogP contribution in [-0.4, -0.2) is 84.8 Å². The monoisotopic (exact) mass is 438 g/mol. The van der Waals surface area contributed by atoms with Gasteiger partial charge in [-0.25, -0.2) is 0 Å². The highest BCUT2D eigenvalue weighted by Gasteiger charge is 2.23. The smallest absolute Gasteiger partial charge is 0.251 e. The van der Waals surface area contributed by atoms with Crippen molar-refractivity contribution < 1.29 is 14.4 Å². The molecule has 7 nitrogen and oxygen atoms in total. The number of rotatable bonds is 7. The second-order valence-corrected chi connectivity index (χ2v) is 7.33. The molecule has 0 aliphatic carbocycles. The van der Waals surface area contributed by atoms with Gasteiger partial charge in [-0.1, -0.05) is 15.9 Å². The Morgan fingerprint density at radius 3 is 2.19 bits per heavy atom. The lowest BCUT2D eigenvalue weighted by Crippen LogP contribution is -2.53. The Morgan fingerprint density at radius 1 is 1.04 bits per heavy atom. The average molecular weight is 439 g/mol. The van der Waals surface area contributed by atoms with Crippen LogP contribution in [0.1, 0.15) is 24.2 Å². The molecule has 0 unspecified atom stereocenters. The van der Waals surface area contributed by atoms with Gasteiger partial charge >= 0.3 is 0 Å². The molecule has 0 saturated carbocycles. The summed E-state index contributed by atoms with van der Waals surface area (Å²) in [4.78, 5) is 42.2. The summed E-state index contributed by atoms with van der Waals surface area (Å²) in [6.45, 7) is 8.21. The third-order valence-corrected chi connectivity index (χ3v) is 5.24. The lowest BCUT2D eigenvalue weighted by molar-refractivity contribution is -0.134. The molecular formula is C19H27BrN4O3. The minimum atomic E-state index is -0.265. The molecule has 0 bridgehead atoms. The van der Waals surface area contributed by atoms with Gasteiger partial charge in [0.15, 0.2) is 0 Å². The summed E-state index contributed by atoms with van der Waals surface area (Å²) < 4.78 is 0.896. The van der Waals surface area contributed by atoms with Crippen LogP contribution in [0.3, 0.4) is 0 Å². The van der Waals surface area contributed by atoms with Gasteiger partial charge in [0.25, 0.3) is 5.91 Å². The first-order valence-corrected chi connectivity index (χ1v) is 10.1. The van der Waals surface area contributed by atoms with Gasteiger partial charge in [0, 0.05) is 49.3 Å². The fraction of sp³-hybridized carbons (Fsp3) is 0.526. The van der Waals surface area contributed by atoms with E-state index in [1.54, 1.807) is 29.2 Å². The van der Waals surface area contributed by atoms with Crippen molar-refractivity contribution in [3.05, 3.63) is 34.3 Å². The number of nitrogens with one attached hydrogen (secondary N) is 1. The van der Waals surface area contributed by atoms with Gasteiger partial charge in [0.2, 0.25) is 11.8 Å². The number of benzene rings is 1. The van der Waals surface area contributed by atoms with Crippen LogP contribution in [0.5, 0.6) is 0 Å². The molecule has 27 heavy (non-hydrogen) atoms. The average Bonchev–Trinajstić information content (AvgIpc) is 2.68. The third kappa shape index (κ3) is 6.32. The Labute approximate surface area is 168 Å². The summed E-state index contributed by atoms with van der Waals surface area (Å²) in [5.74, 6) is -0.240. The first kappa shape index (κ1) is 21.4. The zero-order chi connectivity index (χ0) is 19.8. The molecular weight excluding hydrogens is 412 g/mol. The highest BCUT2D eigenvalue weighted by atomic mass is 79.9. The summed E-state index contributed by atoms with van der Waals surface area (Å²) in [7, 11) is 0. The quantitative estimate of drug-likeness (QED) is 0.693. The van der Waals surface area contributed by atoms with Crippen LogP contribution in [0.15, 0.2) is 28.7 Å². The van der Waals surface area contributed by atoms with E-state index >= 15 is 0 Å². The lowest BCUT2D eigenvalue weighted by atomic mass is 10.2. The maximum Gasteiger partial charge on any atom is 0.251 e. The van der Waals surface area contributed by atoms with E-state index in [0.29, 0.717) is 51.4 Å². The Kier molecular flexibility index (Phi) is 8.24. The van der Waals surface area contributed by atoms with E-state index in [4.69, 9.17) is 0 Å². The molecule has 1 fully saturated rings. The molecule has 0 spiro atoms. The minimum Gasteiger partial charge on any atom is -0.343 e. The Balaban J connectivity index is 1.73. The molecule has 1 saturated heterocycles. The SMILES string of the molecule is CCN(CC)C(=O)CN1CCN(C(=O)CNC(=O)c2ccc(Br)cc2)CC1. The van der Waals surface area contributed by atoms with Crippen LogP contribution in [-0.2, 0) is 9.59 Å². The molecule has 0 radical (unpaired) electrons. The fourth-order valence-electron chi connectivity index (χ4n) is 2.99. The van der Waals surface area contributed by atoms with E-state index < -0.39 is 0 Å². The normalized spacial score (nSPS) is 14.7. The number of carbonyl (C=O) groups excluding carboxylic acids is 3. The third-order valence-electron chi connectivity index (χ3n) is 4.71. The van der Waals surface area contributed by atoms with Crippen molar-refractivity contribution in [2.45, 2.75) is 13.8 Å². The maximum atomic E-state index is 12.3. The van der Waals surface area contributed by atoms with Crippen LogP contribution >= 0.6 is 15.9 Å². The van der Waals surface area contributed by atoms with Crippen LogP contribution in [0.2, 0.25) is 0 Å². The molecule has 148 valence electrons. The Bertz CT molecular complexity index is 653. The van der Waals surface area contributed by atoms with Crippen molar-refractivity contribution >= 4 is 33.7 Å². The van der Waals surface area contributed by atoms with E-state index in [2.05, 4.69) is 26.1 Å². The summed E-state index contributed by atoms with van der Waals surface area (Å²) in [6.07, 6.45) is 0. The molecule has 0 aromatic heterocycles. The molecule has 1 aromatic rings. The number of likely N-dealkylation sites (N-methyl/N-ethyl adjacent to an activating group) is 1. The van der Waals surface area contributed by atoms with E-state index in [1.807, 2.05) is 18.7 Å². The van der Waals surface area contributed by atoms with Crippen LogP contribution in [0.25, 0.3) is 0 Å². The van der Waals surface area contributed by atoms with Crippen molar-refractivity contribution in [3.8, 4) is 0 Å². The number of hydrogen-bond acceptors (Lipinski definition) is 4. The maximum absolute atomic E-state index is 12.3. The van der Waals surface area contributed by atoms with Gasteiger partial charge < -0.3 is 15.1 Å². The van der Waals surface area contributed by atoms with Crippen molar-refractivity contribution in [2.24, 2.45) is 0 Å². The lowest BCUT2D eigenvalue weighted by Gasteiger charge is -2.35. The summed E-state index contributed by atoms with van der Waals surface area (Å²) in [5, 5.41) is 2.67. The number of amides is 3. The fourth-order valence-corrected chi connectivity index (χ4v) is 3.26. The number of piperazine rings is 1. The number of nitrogens with zero attached hydrogens (tertiary/aromatic N) is 3. The standard InChI is InChI=1S/C19H27BrN4O3/c1-3-23(4-2)18(26)14-22-9-11-24(12-10-22)17(25)13-21-19(27)15-5-7-16(20)8-6-15/h5-8H,3-4,9-14H2,1-2H3,(H,21,27). The molecule has 1 aliphatic rings. The van der Waals surface area contributed by atoms with Crippen molar-refractivity contribution in [2.75, 3.05) is 52.4 Å². The topological polar surface area (TPSA) is 73.0 Å². The second kappa shape index (κ2) is 10.4. The van der Waals surface area contributed by atoms with E-state index in [1.165, 1.54) is 0 Å². The van der Waals surface area contributed by atoms with Gasteiger partial charge in [-0.3, -0.25) is 19.3 Å². The number of hydrogen-bond donors (Lipinski definition) is 1. The van der Waals surface area contributed by atoms with Crippen LogP contribution in [0, 0.1) is 0 Å². The molecule has 1 aromatic carbocycles. The molecule has 0 atom stereocenters. The van der Waals surface area contributed by atoms with Crippen molar-refractivity contribution in [1.29, 1.82) is 0 Å². The van der Waals surface area contributed by atoms with Gasteiger partial charge in [-0.05, 0) is 38.1 Å². The number of halogens is 1. The predicted octanol–water partition coefficient (Wildman–Crippen LogP) is 1.19. The molecule has 2 rings (SSSR count). The van der Waals surface area contributed by atoms with Gasteiger partial charge in [0.05, 0.1) is 13.1 Å². The summed E-state index contributed by atoms with van der Waals surface area (Å²) in [6, 6.07) is 6.98. The molecule has 1 heterocycles. The second-order valence-electron chi connectivity index (χ2n) is 6.41. The molecule has 3 amide bonds. The zero-order valence-electron chi connectivity index (χ0n) is 15.9. The Morgan fingerprint density at radius 2 is 1.63 bits per heavy atom. The zero-order valence-corrected chi connectivity index (χ0v) is 17.5. The van der Waals surface area contributed by atoms with Gasteiger partial charge in [-0.2, -0.15) is 0 Å². The van der Waals surface area contributed by atoms with Gasteiger partial charge in [-0.15, -0.1) is 0 Å². The van der Waals surface area contributed by atoms with Gasteiger partial charge in [0.1, 0.15) is 0 Å². The highest BCUT2D eigenvalue weighted by Crippen LogP contribution is 2.10. The minimum absolute atomic E-state index is 0.0206. The van der Waals surface area contributed by atoms with Crippen molar-refractivity contribution in [1.82, 2.24) is 20.0 Å². The summed E-state index contributed by atoms with van der Waals surface area (Å²) in [5.41, 5.74) is 0.519. The van der Waals surface area contributed by atoms with Crippen LogP contribution < -0.4 is 5.32 Å². The van der Waals surface area contributed by atoms with E-state index in [0.717, 1.165) is 4.47 Å². The number of carbonyl (C=O) groups is 3. The van der Waals surface area contributed by atoms with E-state index in [9.17, 15) is 14.4 Å². The first-order valence-electron chi connectivity index (χ1n) is 9.26. The molecule has 8 heteroatoms. The first-order chi connectivity index (χ1) is 12.9. The highest BCUT2D eigenvalue weighted by molar-refractivity contribution is 9.10. The van der Waals surface area contributed by atoms with Crippen LogP contribution in [0.4, 0.5) is 0 Å².